The van der Waals surface area contributed by atoms with E-state index in [4.69, 9.17) is 24.2 Å². The van der Waals surface area contributed by atoms with Crippen molar-refractivity contribution < 1.29 is 14.2 Å². The van der Waals surface area contributed by atoms with Crippen molar-refractivity contribution in [2.75, 3.05) is 61.1 Å². The molecular formula is C33H42N6O3. The molecule has 0 spiro atoms. The van der Waals surface area contributed by atoms with Gasteiger partial charge in [-0.05, 0) is 83.9 Å². The van der Waals surface area contributed by atoms with Gasteiger partial charge in [0.25, 0.3) is 0 Å². The summed E-state index contributed by atoms with van der Waals surface area (Å²) >= 11 is 0. The molecule has 9 heteroatoms. The molecule has 2 heterocycles. The van der Waals surface area contributed by atoms with Gasteiger partial charge in [0.1, 0.15) is 28.9 Å². The van der Waals surface area contributed by atoms with Crippen LogP contribution in [-0.2, 0) is 0 Å². The van der Waals surface area contributed by atoms with E-state index in [2.05, 4.69) is 60.9 Å². The number of fused-ring (bicyclic) bond motifs is 2. The molecule has 5 rings (SSSR count). The summed E-state index contributed by atoms with van der Waals surface area (Å²) in [6.45, 7) is 6.05. The maximum absolute atomic E-state index is 6.22. The van der Waals surface area contributed by atoms with E-state index in [-0.39, 0.29) is 0 Å². The highest BCUT2D eigenvalue weighted by Crippen LogP contribution is 2.35. The van der Waals surface area contributed by atoms with E-state index < -0.39 is 0 Å². The zero-order valence-electron chi connectivity index (χ0n) is 25.4. The Morgan fingerprint density at radius 3 is 1.79 bits per heavy atom. The predicted molar refractivity (Wildman–Crippen MR) is 170 cm³/mol. The number of nitrogens with one attached hydrogen (secondary N) is 2. The number of benzene rings is 3. The van der Waals surface area contributed by atoms with Crippen LogP contribution in [0.5, 0.6) is 17.2 Å². The van der Waals surface area contributed by atoms with E-state index in [1.807, 2.05) is 48.5 Å². The summed E-state index contributed by atoms with van der Waals surface area (Å²) in [5, 5.41) is 0. The molecule has 9 nitrogen and oxygen atoms in total. The van der Waals surface area contributed by atoms with Crippen molar-refractivity contribution in [2.24, 2.45) is 0 Å². The van der Waals surface area contributed by atoms with Crippen LogP contribution in [0, 0.1) is 0 Å². The first kappa shape index (κ1) is 29.4. The van der Waals surface area contributed by atoms with Crippen molar-refractivity contribution in [1.29, 1.82) is 0 Å². The molecular weight excluding hydrogens is 528 g/mol. The van der Waals surface area contributed by atoms with E-state index in [1.54, 1.807) is 0 Å². The second-order valence-electron chi connectivity index (χ2n) is 11.1. The van der Waals surface area contributed by atoms with Crippen LogP contribution < -0.4 is 14.2 Å². The lowest BCUT2D eigenvalue weighted by molar-refractivity contribution is 0.282. The first-order valence-electron chi connectivity index (χ1n) is 14.7. The number of aromatic nitrogens is 4. The zero-order valence-corrected chi connectivity index (χ0v) is 25.4. The second-order valence-corrected chi connectivity index (χ2v) is 11.1. The molecule has 0 bridgehead atoms. The lowest BCUT2D eigenvalue weighted by atomic mass is 10.1. The number of aromatic amines is 2. The third kappa shape index (κ3) is 7.40. The van der Waals surface area contributed by atoms with Crippen molar-refractivity contribution in [3.8, 4) is 40.0 Å². The van der Waals surface area contributed by atoms with Crippen molar-refractivity contribution in [2.45, 2.75) is 26.2 Å². The molecule has 0 aliphatic carbocycles. The molecule has 3 aromatic carbocycles. The number of hydrogen-bond donors (Lipinski definition) is 2. The number of imidazole rings is 2. The first-order chi connectivity index (χ1) is 20.4. The Labute approximate surface area is 247 Å². The van der Waals surface area contributed by atoms with Crippen molar-refractivity contribution in [1.82, 2.24) is 29.7 Å². The molecule has 0 amide bonds. The van der Waals surface area contributed by atoms with Gasteiger partial charge < -0.3 is 34.0 Å². The number of ether oxygens (including phenoxy) is 3. The third-order valence-electron chi connectivity index (χ3n) is 6.92. The molecule has 0 fully saturated rings. The lowest BCUT2D eigenvalue weighted by Gasteiger charge is -2.11. The van der Waals surface area contributed by atoms with Gasteiger partial charge in [-0.2, -0.15) is 0 Å². The van der Waals surface area contributed by atoms with Crippen LogP contribution in [0.15, 0.2) is 54.6 Å². The Hall–Kier alpha value is -4.08. The molecule has 2 aromatic heterocycles. The van der Waals surface area contributed by atoms with Crippen LogP contribution in [0.1, 0.15) is 26.2 Å². The van der Waals surface area contributed by atoms with Gasteiger partial charge >= 0.3 is 0 Å². The number of hydrogen-bond acceptors (Lipinski definition) is 7. The Kier molecular flexibility index (Phi) is 9.61. The normalized spacial score (nSPS) is 11.7. The van der Waals surface area contributed by atoms with E-state index in [9.17, 15) is 0 Å². The Morgan fingerprint density at radius 1 is 0.643 bits per heavy atom. The monoisotopic (exact) mass is 570 g/mol. The molecule has 0 saturated carbocycles. The van der Waals surface area contributed by atoms with E-state index in [0.29, 0.717) is 19.8 Å². The van der Waals surface area contributed by atoms with Gasteiger partial charge in [-0.25, -0.2) is 9.97 Å². The number of H-pyrrole nitrogens is 2. The SMILES string of the molecule is CCCOc1cc(-c2nc3ccc(OCCCN(C)C)cc3[nH]2)ccc1-c1nc2ccc(OCCCN(C)C)cc2[nH]1. The van der Waals surface area contributed by atoms with Crippen LogP contribution in [0.3, 0.4) is 0 Å². The summed E-state index contributed by atoms with van der Waals surface area (Å²) < 4.78 is 18.1. The Bertz CT molecular complexity index is 1610. The highest BCUT2D eigenvalue weighted by atomic mass is 16.5. The van der Waals surface area contributed by atoms with Gasteiger partial charge in [0.15, 0.2) is 0 Å². The van der Waals surface area contributed by atoms with Gasteiger partial charge in [-0.15, -0.1) is 0 Å². The van der Waals surface area contributed by atoms with Crippen LogP contribution in [-0.4, -0.2) is 90.8 Å². The molecule has 222 valence electrons. The summed E-state index contributed by atoms with van der Waals surface area (Å²) in [7, 11) is 8.28. The average Bonchev–Trinajstić information content (AvgIpc) is 3.60. The second kappa shape index (κ2) is 13.7. The topological polar surface area (TPSA) is 91.5 Å². The first-order valence-corrected chi connectivity index (χ1v) is 14.7. The van der Waals surface area contributed by atoms with E-state index >= 15 is 0 Å². The summed E-state index contributed by atoms with van der Waals surface area (Å²) in [6, 6.07) is 18.1. The van der Waals surface area contributed by atoms with Gasteiger partial charge in [0.05, 0.1) is 47.5 Å². The van der Waals surface area contributed by atoms with E-state index in [0.717, 1.165) is 94.4 Å². The average molecular weight is 571 g/mol. The van der Waals surface area contributed by atoms with Crippen molar-refractivity contribution in [3.63, 3.8) is 0 Å². The Morgan fingerprint density at radius 2 is 1.21 bits per heavy atom. The van der Waals surface area contributed by atoms with Crippen LogP contribution >= 0.6 is 0 Å². The highest BCUT2D eigenvalue weighted by Gasteiger charge is 2.15. The van der Waals surface area contributed by atoms with E-state index in [1.165, 1.54) is 0 Å². The zero-order chi connectivity index (χ0) is 29.5. The molecule has 0 atom stereocenters. The maximum Gasteiger partial charge on any atom is 0.142 e. The minimum Gasteiger partial charge on any atom is -0.493 e. The summed E-state index contributed by atoms with van der Waals surface area (Å²) in [5.41, 5.74) is 5.49. The van der Waals surface area contributed by atoms with Crippen LogP contribution in [0.2, 0.25) is 0 Å². The molecule has 0 aliphatic rings. The molecule has 2 N–H and O–H groups in total. The van der Waals surface area contributed by atoms with Crippen LogP contribution in [0.25, 0.3) is 44.8 Å². The van der Waals surface area contributed by atoms with Crippen molar-refractivity contribution >= 4 is 22.1 Å². The maximum atomic E-state index is 6.22. The minimum atomic E-state index is 0.607. The largest absolute Gasteiger partial charge is 0.493 e. The molecule has 0 aliphatic heterocycles. The molecule has 0 radical (unpaired) electrons. The van der Waals surface area contributed by atoms with Gasteiger partial charge in [-0.3, -0.25) is 0 Å². The molecule has 0 unspecified atom stereocenters. The summed E-state index contributed by atoms with van der Waals surface area (Å²) in [6.07, 6.45) is 2.85. The third-order valence-corrected chi connectivity index (χ3v) is 6.92. The minimum absolute atomic E-state index is 0.607. The smallest absolute Gasteiger partial charge is 0.142 e. The summed E-state index contributed by atoms with van der Waals surface area (Å²) in [5.74, 6) is 3.97. The molecule has 0 saturated heterocycles. The van der Waals surface area contributed by atoms with Gasteiger partial charge in [0, 0.05) is 30.8 Å². The summed E-state index contributed by atoms with van der Waals surface area (Å²) in [4.78, 5) is 21.0. The fourth-order valence-corrected chi connectivity index (χ4v) is 4.76. The van der Waals surface area contributed by atoms with Gasteiger partial charge in [-0.1, -0.05) is 13.0 Å². The quantitative estimate of drug-likeness (QED) is 0.144. The van der Waals surface area contributed by atoms with Gasteiger partial charge in [0.2, 0.25) is 0 Å². The number of rotatable bonds is 15. The fourth-order valence-electron chi connectivity index (χ4n) is 4.76. The highest BCUT2D eigenvalue weighted by molar-refractivity contribution is 5.84. The molecule has 5 aromatic rings. The standard InChI is InChI=1S/C33H42N6O3/c1-6-17-42-31-20-23(32-34-27-13-10-24(21-29(27)36-32)40-18-7-15-38(2)3)9-12-26(31)33-35-28-14-11-25(22-30(28)37-33)41-19-8-16-39(4)5/h9-14,20-22H,6-8,15-19H2,1-5H3,(H,34,36)(H,35,37). The Balaban J connectivity index is 1.36. The van der Waals surface area contributed by atoms with Crippen molar-refractivity contribution in [3.05, 3.63) is 54.6 Å². The fraction of sp³-hybridized carbons (Fsp3) is 0.394. The van der Waals surface area contributed by atoms with Crippen LogP contribution in [0.4, 0.5) is 0 Å². The predicted octanol–water partition coefficient (Wildman–Crippen LogP) is 6.22. The number of nitrogens with zero attached hydrogens (tertiary/aromatic N) is 4. The lowest BCUT2D eigenvalue weighted by Crippen LogP contribution is -2.15. The molecule has 42 heavy (non-hydrogen) atoms.